The Morgan fingerprint density at radius 3 is 2.70 bits per heavy atom. The molecule has 1 aliphatic carbocycles. The molecule has 3 N–H and O–H groups in total. The Kier molecular flexibility index (Phi) is 8.30. The predicted octanol–water partition coefficient (Wildman–Crippen LogP) is 3.30. The molecule has 4 nitrogen and oxygen atoms in total. The molecule has 1 rings (SSSR count). The fourth-order valence-corrected chi connectivity index (χ4v) is 2.32. The van der Waals surface area contributed by atoms with Gasteiger partial charge >= 0.3 is 5.97 Å². The zero-order valence-electron chi connectivity index (χ0n) is 13.8. The molecular weight excluding hydrogens is 292 g/mol. The average molecular weight is 318 g/mol. The van der Waals surface area contributed by atoms with Crippen molar-refractivity contribution in [1.29, 1.82) is 0 Å². The van der Waals surface area contributed by atoms with Crippen LogP contribution in [-0.2, 0) is 4.79 Å². The quantitative estimate of drug-likeness (QED) is 0.474. The van der Waals surface area contributed by atoms with E-state index in [1.165, 1.54) is 5.57 Å². The van der Waals surface area contributed by atoms with Gasteiger partial charge in [-0.25, -0.2) is 4.79 Å². The number of carboxylic acid groups (broad SMARTS) is 1. The van der Waals surface area contributed by atoms with Gasteiger partial charge in [-0.15, -0.1) is 0 Å². The topological polar surface area (TPSA) is 77.8 Å². The summed E-state index contributed by atoms with van der Waals surface area (Å²) in [5, 5.41) is 27.5. The Hall–Kier alpha value is -1.91. The Labute approximate surface area is 137 Å². The smallest absolute Gasteiger partial charge is 0.328 e. The van der Waals surface area contributed by atoms with Crippen LogP contribution in [0.1, 0.15) is 39.5 Å². The summed E-state index contributed by atoms with van der Waals surface area (Å²) in [5.74, 6) is -0.929. The molecule has 0 spiro atoms. The molecule has 0 aliphatic heterocycles. The Morgan fingerprint density at radius 2 is 2.04 bits per heavy atom. The van der Waals surface area contributed by atoms with E-state index in [1.807, 2.05) is 37.3 Å². The van der Waals surface area contributed by atoms with Crippen LogP contribution in [-0.4, -0.2) is 33.5 Å². The molecule has 0 saturated carbocycles. The van der Waals surface area contributed by atoms with E-state index < -0.39 is 18.2 Å². The lowest BCUT2D eigenvalue weighted by Gasteiger charge is -2.09. The molecule has 0 saturated heterocycles. The minimum absolute atomic E-state index is 0.384. The second-order valence-electron chi connectivity index (χ2n) is 5.91. The number of rotatable bonds is 8. The largest absolute Gasteiger partial charge is 0.478 e. The van der Waals surface area contributed by atoms with E-state index in [2.05, 4.69) is 0 Å². The lowest BCUT2D eigenvalue weighted by Crippen LogP contribution is -2.13. The summed E-state index contributed by atoms with van der Waals surface area (Å²) in [6.07, 6.45) is 14.4. The molecule has 0 bridgehead atoms. The molecule has 0 amide bonds. The second kappa shape index (κ2) is 9.98. The highest BCUT2D eigenvalue weighted by Crippen LogP contribution is 2.24. The summed E-state index contributed by atoms with van der Waals surface area (Å²) in [7, 11) is 0. The Morgan fingerprint density at radius 1 is 1.30 bits per heavy atom. The first-order chi connectivity index (χ1) is 10.9. The van der Waals surface area contributed by atoms with Crippen molar-refractivity contribution >= 4 is 5.97 Å². The van der Waals surface area contributed by atoms with E-state index in [1.54, 1.807) is 13.0 Å². The molecule has 126 valence electrons. The minimum Gasteiger partial charge on any atom is -0.478 e. The van der Waals surface area contributed by atoms with Crippen LogP contribution in [0, 0.1) is 0 Å². The van der Waals surface area contributed by atoms with E-state index in [-0.39, 0.29) is 0 Å². The molecule has 0 heterocycles. The molecule has 0 aromatic carbocycles. The average Bonchev–Trinajstić information content (AvgIpc) is 2.90. The molecular formula is C19H26O4. The molecule has 0 radical (unpaired) electrons. The molecule has 0 aromatic heterocycles. The minimum atomic E-state index is -0.929. The third kappa shape index (κ3) is 8.96. The molecule has 0 fully saturated rings. The van der Waals surface area contributed by atoms with Gasteiger partial charge in [-0.2, -0.15) is 0 Å². The second-order valence-corrected chi connectivity index (χ2v) is 5.91. The number of aliphatic carboxylic acids is 1. The van der Waals surface area contributed by atoms with Crippen LogP contribution < -0.4 is 0 Å². The molecule has 1 aliphatic rings. The van der Waals surface area contributed by atoms with Gasteiger partial charge in [0.15, 0.2) is 0 Å². The van der Waals surface area contributed by atoms with Gasteiger partial charge in [-0.3, -0.25) is 0 Å². The maximum Gasteiger partial charge on any atom is 0.328 e. The van der Waals surface area contributed by atoms with Crippen LogP contribution >= 0.6 is 0 Å². The number of carboxylic acids is 1. The van der Waals surface area contributed by atoms with Gasteiger partial charge < -0.3 is 15.3 Å². The van der Waals surface area contributed by atoms with Gasteiger partial charge in [-0.05, 0) is 50.7 Å². The van der Waals surface area contributed by atoms with Crippen LogP contribution in [0.4, 0.5) is 0 Å². The molecule has 2 unspecified atom stereocenters. The molecule has 2 atom stereocenters. The van der Waals surface area contributed by atoms with Crippen molar-refractivity contribution in [3.05, 3.63) is 59.3 Å². The number of aliphatic hydroxyl groups excluding tert-OH is 2. The van der Waals surface area contributed by atoms with Crippen LogP contribution in [0.15, 0.2) is 59.3 Å². The van der Waals surface area contributed by atoms with Crippen LogP contribution in [0.2, 0.25) is 0 Å². The third-order valence-corrected chi connectivity index (χ3v) is 3.51. The van der Waals surface area contributed by atoms with Crippen molar-refractivity contribution in [3.63, 3.8) is 0 Å². The summed E-state index contributed by atoms with van der Waals surface area (Å²) in [6.45, 7) is 3.64. The molecule has 23 heavy (non-hydrogen) atoms. The van der Waals surface area contributed by atoms with E-state index >= 15 is 0 Å². The van der Waals surface area contributed by atoms with Gasteiger partial charge in [0.05, 0.1) is 12.2 Å². The molecule has 0 aromatic rings. The number of allylic oxidation sites excluding steroid dienone is 8. The van der Waals surface area contributed by atoms with Gasteiger partial charge in [0, 0.05) is 6.08 Å². The highest BCUT2D eigenvalue weighted by atomic mass is 16.4. The first kappa shape index (κ1) is 19.1. The van der Waals surface area contributed by atoms with Gasteiger partial charge in [-0.1, -0.05) is 42.0 Å². The van der Waals surface area contributed by atoms with E-state index in [0.717, 1.165) is 30.1 Å². The van der Waals surface area contributed by atoms with Crippen molar-refractivity contribution in [1.82, 2.24) is 0 Å². The number of hydrogen-bond acceptors (Lipinski definition) is 3. The maximum atomic E-state index is 10.5. The summed E-state index contributed by atoms with van der Waals surface area (Å²) < 4.78 is 0. The summed E-state index contributed by atoms with van der Waals surface area (Å²) in [6, 6.07) is 0. The summed E-state index contributed by atoms with van der Waals surface area (Å²) in [5.41, 5.74) is 3.26. The van der Waals surface area contributed by atoms with Crippen molar-refractivity contribution in [3.8, 4) is 0 Å². The fourth-order valence-electron chi connectivity index (χ4n) is 2.32. The SMILES string of the molecule is CC(C=CC=C1C=C(C=CC(=O)O)CC1)=CCC(O)CC(C)O. The van der Waals surface area contributed by atoms with E-state index in [9.17, 15) is 15.0 Å². The highest BCUT2D eigenvalue weighted by Gasteiger charge is 2.07. The zero-order chi connectivity index (χ0) is 17.2. The van der Waals surface area contributed by atoms with Crippen molar-refractivity contribution < 1.29 is 20.1 Å². The Balaban J connectivity index is 2.50. The lowest BCUT2D eigenvalue weighted by molar-refractivity contribution is -0.131. The monoisotopic (exact) mass is 318 g/mol. The zero-order valence-corrected chi connectivity index (χ0v) is 13.8. The van der Waals surface area contributed by atoms with Crippen molar-refractivity contribution in [2.75, 3.05) is 0 Å². The fraction of sp³-hybridized carbons (Fsp3) is 0.421. The number of hydrogen-bond donors (Lipinski definition) is 3. The summed E-state index contributed by atoms with van der Waals surface area (Å²) >= 11 is 0. The van der Waals surface area contributed by atoms with Crippen molar-refractivity contribution in [2.45, 2.75) is 51.7 Å². The molecule has 4 heteroatoms. The highest BCUT2D eigenvalue weighted by molar-refractivity contribution is 5.80. The van der Waals surface area contributed by atoms with Gasteiger partial charge in [0.1, 0.15) is 0 Å². The third-order valence-electron chi connectivity index (χ3n) is 3.51. The van der Waals surface area contributed by atoms with Crippen LogP contribution in [0.3, 0.4) is 0 Å². The van der Waals surface area contributed by atoms with Gasteiger partial charge in [0.25, 0.3) is 0 Å². The number of carbonyl (C=O) groups is 1. The van der Waals surface area contributed by atoms with Crippen LogP contribution in [0.25, 0.3) is 0 Å². The van der Waals surface area contributed by atoms with Crippen LogP contribution in [0.5, 0.6) is 0 Å². The van der Waals surface area contributed by atoms with Gasteiger partial charge in [0.2, 0.25) is 0 Å². The van der Waals surface area contributed by atoms with E-state index in [4.69, 9.17) is 5.11 Å². The Bertz CT molecular complexity index is 548. The maximum absolute atomic E-state index is 10.5. The lowest BCUT2D eigenvalue weighted by atomic mass is 10.1. The summed E-state index contributed by atoms with van der Waals surface area (Å²) in [4.78, 5) is 10.5. The number of aliphatic hydroxyl groups is 2. The first-order valence-corrected chi connectivity index (χ1v) is 7.88. The predicted molar refractivity (Wildman–Crippen MR) is 92.0 cm³/mol. The first-order valence-electron chi connectivity index (χ1n) is 7.88. The standard InChI is InChI=1S/C19H26O4/c1-14(6-10-18(21)12-15(2)20)4-3-5-16-7-8-17(13-16)9-11-19(22)23/h3-6,9,11,13,15,18,20-21H,7-8,10,12H2,1-2H3,(H,22,23). The normalized spacial score (nSPS) is 20.4. The van der Waals surface area contributed by atoms with E-state index in [0.29, 0.717) is 12.8 Å². The van der Waals surface area contributed by atoms with Crippen molar-refractivity contribution in [2.24, 2.45) is 0 Å².